The predicted octanol–water partition coefficient (Wildman–Crippen LogP) is 2.77. The summed E-state index contributed by atoms with van der Waals surface area (Å²) in [6.07, 6.45) is 3.41. The van der Waals surface area contributed by atoms with Gasteiger partial charge in [0.15, 0.2) is 11.5 Å². The average molecular weight is 417 g/mol. The molecule has 2 fully saturated rings. The minimum atomic E-state index is -0.149. The normalized spacial score (nSPS) is 18.1. The molecule has 1 aromatic carbocycles. The van der Waals surface area contributed by atoms with Crippen LogP contribution in [0.15, 0.2) is 34.9 Å². The summed E-state index contributed by atoms with van der Waals surface area (Å²) >= 11 is 6.02. The molecule has 0 atom stereocenters. The molecule has 0 radical (unpaired) electrons. The van der Waals surface area contributed by atoms with Crippen molar-refractivity contribution in [2.24, 2.45) is 0 Å². The number of amides is 2. The Balaban J connectivity index is 1.30. The van der Waals surface area contributed by atoms with Crippen molar-refractivity contribution >= 4 is 23.4 Å². The summed E-state index contributed by atoms with van der Waals surface area (Å²) in [6, 6.07) is 8.89. The summed E-state index contributed by atoms with van der Waals surface area (Å²) < 4.78 is 5.34. The largest absolute Gasteiger partial charge is 0.355 e. The van der Waals surface area contributed by atoms with Gasteiger partial charge in [0.1, 0.15) is 0 Å². The Morgan fingerprint density at radius 3 is 2.45 bits per heavy atom. The summed E-state index contributed by atoms with van der Waals surface area (Å²) in [4.78, 5) is 31.1. The third kappa shape index (κ3) is 4.79. The number of carbonyl (C=O) groups is 2. The van der Waals surface area contributed by atoms with Gasteiger partial charge in [-0.3, -0.25) is 14.5 Å². The van der Waals surface area contributed by atoms with E-state index in [1.165, 1.54) is 6.42 Å². The van der Waals surface area contributed by atoms with E-state index < -0.39 is 0 Å². The fourth-order valence-electron chi connectivity index (χ4n) is 3.86. The molecule has 0 spiro atoms. The van der Waals surface area contributed by atoms with Gasteiger partial charge in [0, 0.05) is 55.9 Å². The number of carbonyl (C=O) groups excluding carboxylic acids is 2. The first-order chi connectivity index (χ1) is 14.1. The molecule has 0 N–H and O–H groups in total. The van der Waals surface area contributed by atoms with Crippen LogP contribution in [0.25, 0.3) is 11.3 Å². The average Bonchev–Trinajstić information content (AvgIpc) is 3.25. The van der Waals surface area contributed by atoms with Crippen LogP contribution in [0.4, 0.5) is 0 Å². The second kappa shape index (κ2) is 8.97. The number of aromatic nitrogens is 1. The van der Waals surface area contributed by atoms with Gasteiger partial charge in [-0.1, -0.05) is 28.9 Å². The van der Waals surface area contributed by atoms with Gasteiger partial charge in [0.2, 0.25) is 5.91 Å². The lowest BCUT2D eigenvalue weighted by molar-refractivity contribution is -0.133. The maximum absolute atomic E-state index is 12.8. The van der Waals surface area contributed by atoms with E-state index in [2.05, 4.69) is 10.1 Å². The van der Waals surface area contributed by atoms with Crippen molar-refractivity contribution in [3.05, 3.63) is 41.0 Å². The van der Waals surface area contributed by atoms with E-state index in [9.17, 15) is 9.59 Å². The molecule has 0 saturated carbocycles. The van der Waals surface area contributed by atoms with Crippen LogP contribution in [0.5, 0.6) is 0 Å². The number of benzene rings is 1. The zero-order chi connectivity index (χ0) is 20.2. The smallest absolute Gasteiger partial charge is 0.276 e. The Labute approximate surface area is 175 Å². The van der Waals surface area contributed by atoms with Crippen LogP contribution in [0.3, 0.4) is 0 Å². The van der Waals surface area contributed by atoms with Gasteiger partial charge in [-0.2, -0.15) is 0 Å². The van der Waals surface area contributed by atoms with Crippen LogP contribution < -0.4 is 0 Å². The van der Waals surface area contributed by atoms with Gasteiger partial charge < -0.3 is 14.3 Å². The second-order valence-electron chi connectivity index (χ2n) is 7.60. The van der Waals surface area contributed by atoms with Crippen molar-refractivity contribution in [2.45, 2.75) is 19.3 Å². The molecule has 3 heterocycles. The maximum Gasteiger partial charge on any atom is 0.276 e. The molecular weight excluding hydrogens is 392 g/mol. The highest BCUT2D eigenvalue weighted by Gasteiger charge is 2.27. The van der Waals surface area contributed by atoms with Gasteiger partial charge in [-0.25, -0.2) is 0 Å². The number of likely N-dealkylation sites (tertiary alicyclic amines) is 1. The zero-order valence-electron chi connectivity index (χ0n) is 16.3. The van der Waals surface area contributed by atoms with Gasteiger partial charge in [0.25, 0.3) is 5.91 Å². The van der Waals surface area contributed by atoms with Crippen molar-refractivity contribution in [3.63, 3.8) is 0 Å². The molecule has 2 amide bonds. The standard InChI is InChI=1S/C21H25ClN4O3/c22-17-6-4-5-16(13-17)19-14-18(23-29-19)21(28)26-11-9-24(10-12-26)15-20(27)25-7-2-1-3-8-25/h4-6,13-14H,1-3,7-12,15H2. The molecule has 2 aromatic rings. The van der Waals surface area contributed by atoms with Crippen molar-refractivity contribution in [1.29, 1.82) is 0 Å². The van der Waals surface area contributed by atoms with Crippen LogP contribution in [0, 0.1) is 0 Å². The summed E-state index contributed by atoms with van der Waals surface area (Å²) in [7, 11) is 0. The van der Waals surface area contributed by atoms with Crippen LogP contribution in [-0.4, -0.2) is 77.5 Å². The first-order valence-corrected chi connectivity index (χ1v) is 10.5. The summed E-state index contributed by atoms with van der Waals surface area (Å²) in [5.74, 6) is 0.567. The molecule has 29 heavy (non-hydrogen) atoms. The second-order valence-corrected chi connectivity index (χ2v) is 8.03. The van der Waals surface area contributed by atoms with Gasteiger partial charge in [0.05, 0.1) is 6.54 Å². The minimum absolute atomic E-state index is 0.149. The number of hydrogen-bond acceptors (Lipinski definition) is 5. The topological polar surface area (TPSA) is 69.9 Å². The molecule has 2 saturated heterocycles. The Bertz CT molecular complexity index is 870. The molecule has 7 nitrogen and oxygen atoms in total. The highest BCUT2D eigenvalue weighted by atomic mass is 35.5. The fraction of sp³-hybridized carbons (Fsp3) is 0.476. The highest BCUT2D eigenvalue weighted by molar-refractivity contribution is 6.30. The lowest BCUT2D eigenvalue weighted by Gasteiger charge is -2.35. The van der Waals surface area contributed by atoms with Crippen molar-refractivity contribution in [3.8, 4) is 11.3 Å². The molecule has 2 aliphatic heterocycles. The quantitative estimate of drug-likeness (QED) is 0.766. The number of piperidine rings is 1. The number of rotatable bonds is 4. The van der Waals surface area contributed by atoms with E-state index >= 15 is 0 Å². The summed E-state index contributed by atoms with van der Waals surface area (Å²) in [5, 5.41) is 4.54. The molecule has 2 aliphatic rings. The molecule has 4 rings (SSSR count). The van der Waals surface area contributed by atoms with Gasteiger partial charge >= 0.3 is 0 Å². The van der Waals surface area contributed by atoms with Crippen LogP contribution in [0.1, 0.15) is 29.8 Å². The number of halogens is 1. The summed E-state index contributed by atoms with van der Waals surface area (Å²) in [5.41, 5.74) is 1.07. The lowest BCUT2D eigenvalue weighted by atomic mass is 10.1. The molecule has 0 aliphatic carbocycles. The minimum Gasteiger partial charge on any atom is -0.355 e. The Morgan fingerprint density at radius 2 is 1.72 bits per heavy atom. The molecular formula is C21H25ClN4O3. The predicted molar refractivity (Wildman–Crippen MR) is 110 cm³/mol. The van der Waals surface area contributed by atoms with E-state index in [4.69, 9.17) is 16.1 Å². The molecule has 154 valence electrons. The van der Waals surface area contributed by atoms with Crippen LogP contribution in [0.2, 0.25) is 5.02 Å². The third-order valence-electron chi connectivity index (χ3n) is 5.57. The number of hydrogen-bond donors (Lipinski definition) is 0. The fourth-order valence-corrected chi connectivity index (χ4v) is 4.05. The van der Waals surface area contributed by atoms with E-state index in [1.54, 1.807) is 23.1 Å². The Hall–Kier alpha value is -2.38. The Kier molecular flexibility index (Phi) is 6.16. The van der Waals surface area contributed by atoms with E-state index in [0.717, 1.165) is 31.5 Å². The third-order valence-corrected chi connectivity index (χ3v) is 5.80. The van der Waals surface area contributed by atoms with E-state index in [-0.39, 0.29) is 17.5 Å². The number of piperazine rings is 1. The first-order valence-electron chi connectivity index (χ1n) is 10.1. The zero-order valence-corrected chi connectivity index (χ0v) is 17.1. The Morgan fingerprint density at radius 1 is 0.966 bits per heavy atom. The molecule has 8 heteroatoms. The first kappa shape index (κ1) is 19.9. The van der Waals surface area contributed by atoms with E-state index in [0.29, 0.717) is 43.5 Å². The van der Waals surface area contributed by atoms with Gasteiger partial charge in [-0.15, -0.1) is 0 Å². The monoisotopic (exact) mass is 416 g/mol. The molecule has 0 unspecified atom stereocenters. The highest BCUT2D eigenvalue weighted by Crippen LogP contribution is 2.24. The SMILES string of the molecule is O=C(CN1CCN(C(=O)c2cc(-c3cccc(Cl)c3)on2)CC1)N1CCCCC1. The summed E-state index contributed by atoms with van der Waals surface area (Å²) in [6.45, 7) is 4.70. The molecule has 1 aromatic heterocycles. The van der Waals surface area contributed by atoms with Gasteiger partial charge in [-0.05, 0) is 31.4 Å². The van der Waals surface area contributed by atoms with Crippen molar-refractivity contribution in [2.75, 3.05) is 45.8 Å². The van der Waals surface area contributed by atoms with Crippen molar-refractivity contribution < 1.29 is 14.1 Å². The molecule has 0 bridgehead atoms. The maximum atomic E-state index is 12.8. The van der Waals surface area contributed by atoms with Crippen LogP contribution in [-0.2, 0) is 4.79 Å². The lowest BCUT2D eigenvalue weighted by Crippen LogP contribution is -2.52. The van der Waals surface area contributed by atoms with E-state index in [1.807, 2.05) is 17.0 Å². The van der Waals surface area contributed by atoms with Crippen LogP contribution >= 0.6 is 11.6 Å². The van der Waals surface area contributed by atoms with Crippen molar-refractivity contribution in [1.82, 2.24) is 19.9 Å². The number of nitrogens with zero attached hydrogens (tertiary/aromatic N) is 4.